The Morgan fingerprint density at radius 1 is 1.29 bits per heavy atom. The zero-order valence-corrected chi connectivity index (χ0v) is 11.4. The Bertz CT molecular complexity index is 238. The van der Waals surface area contributed by atoms with Gasteiger partial charge in [0.15, 0.2) is 0 Å². The van der Waals surface area contributed by atoms with Crippen LogP contribution in [0.3, 0.4) is 0 Å². The van der Waals surface area contributed by atoms with Gasteiger partial charge in [0.1, 0.15) is 0 Å². The molecule has 1 atom stereocenters. The fourth-order valence-electron chi connectivity index (χ4n) is 2.63. The van der Waals surface area contributed by atoms with E-state index in [0.717, 1.165) is 12.5 Å². The van der Waals surface area contributed by atoms with Gasteiger partial charge >= 0.3 is 0 Å². The molecule has 2 aliphatic carbocycles. The van der Waals surface area contributed by atoms with Gasteiger partial charge in [0, 0.05) is 17.6 Å². The number of hydrogen-bond donors (Lipinski definition) is 2. The molecule has 0 aromatic rings. The highest BCUT2D eigenvalue weighted by molar-refractivity contribution is 4.92. The van der Waals surface area contributed by atoms with Crippen molar-refractivity contribution < 1.29 is 5.11 Å². The van der Waals surface area contributed by atoms with Gasteiger partial charge in [-0.3, -0.25) is 0 Å². The van der Waals surface area contributed by atoms with Crippen molar-refractivity contribution in [1.29, 1.82) is 0 Å². The molecule has 2 saturated carbocycles. The predicted octanol–water partition coefficient (Wildman–Crippen LogP) is 1.75. The molecular formula is C14H28N2O. The Morgan fingerprint density at radius 3 is 2.47 bits per heavy atom. The number of nitrogens with zero attached hydrogens (tertiary/aromatic N) is 1. The summed E-state index contributed by atoms with van der Waals surface area (Å²) in [5, 5.41) is 13.1. The molecule has 0 aliphatic heterocycles. The molecule has 0 bridgehead atoms. The molecule has 0 radical (unpaired) electrons. The number of aliphatic hydroxyl groups excluding tert-OH is 1. The molecule has 0 spiro atoms. The summed E-state index contributed by atoms with van der Waals surface area (Å²) in [6.07, 6.45) is 7.65. The first kappa shape index (κ1) is 13.3. The van der Waals surface area contributed by atoms with E-state index >= 15 is 0 Å². The molecule has 2 fully saturated rings. The highest BCUT2D eigenvalue weighted by Crippen LogP contribution is 2.28. The first-order valence-electron chi connectivity index (χ1n) is 7.29. The van der Waals surface area contributed by atoms with Gasteiger partial charge in [0.05, 0.1) is 6.61 Å². The van der Waals surface area contributed by atoms with Crippen LogP contribution >= 0.6 is 0 Å². The van der Waals surface area contributed by atoms with E-state index in [2.05, 4.69) is 24.1 Å². The van der Waals surface area contributed by atoms with Crippen LogP contribution in [0.4, 0.5) is 0 Å². The van der Waals surface area contributed by atoms with Crippen LogP contribution in [0.5, 0.6) is 0 Å². The summed E-state index contributed by atoms with van der Waals surface area (Å²) in [4.78, 5) is 2.59. The van der Waals surface area contributed by atoms with Gasteiger partial charge in [0.2, 0.25) is 0 Å². The molecule has 1 unspecified atom stereocenters. The van der Waals surface area contributed by atoms with Crippen LogP contribution in [0.25, 0.3) is 0 Å². The minimum absolute atomic E-state index is 0.0515. The molecular weight excluding hydrogens is 212 g/mol. The van der Waals surface area contributed by atoms with Gasteiger partial charge in [-0.2, -0.15) is 0 Å². The zero-order chi connectivity index (χ0) is 12.3. The predicted molar refractivity (Wildman–Crippen MR) is 71.2 cm³/mol. The Hall–Kier alpha value is -0.120. The first-order valence-corrected chi connectivity index (χ1v) is 7.29. The Labute approximate surface area is 106 Å². The topological polar surface area (TPSA) is 35.5 Å². The van der Waals surface area contributed by atoms with E-state index in [1.807, 2.05) is 0 Å². The van der Waals surface area contributed by atoms with Crippen LogP contribution in [0.1, 0.15) is 52.4 Å². The van der Waals surface area contributed by atoms with E-state index in [0.29, 0.717) is 6.04 Å². The summed E-state index contributed by atoms with van der Waals surface area (Å²) >= 11 is 0. The minimum atomic E-state index is -0.0515. The van der Waals surface area contributed by atoms with Crippen LogP contribution in [-0.2, 0) is 0 Å². The molecule has 3 heteroatoms. The highest BCUT2D eigenvalue weighted by atomic mass is 16.3. The van der Waals surface area contributed by atoms with E-state index in [9.17, 15) is 5.11 Å². The molecule has 3 nitrogen and oxygen atoms in total. The quantitative estimate of drug-likeness (QED) is 0.644. The third-order valence-corrected chi connectivity index (χ3v) is 4.12. The van der Waals surface area contributed by atoms with Crippen molar-refractivity contribution >= 4 is 0 Å². The molecule has 0 amide bonds. The molecule has 2 N–H and O–H groups in total. The second kappa shape index (κ2) is 5.68. The third kappa shape index (κ3) is 4.23. The number of aliphatic hydroxyl groups is 1. The molecule has 2 aliphatic rings. The van der Waals surface area contributed by atoms with Crippen molar-refractivity contribution in [2.45, 2.75) is 70.0 Å². The van der Waals surface area contributed by atoms with Crippen LogP contribution in [0.2, 0.25) is 0 Å². The zero-order valence-electron chi connectivity index (χ0n) is 11.4. The van der Waals surface area contributed by atoms with Crippen molar-refractivity contribution in [3.8, 4) is 0 Å². The van der Waals surface area contributed by atoms with Gasteiger partial charge < -0.3 is 15.3 Å². The van der Waals surface area contributed by atoms with Gasteiger partial charge in [-0.15, -0.1) is 0 Å². The summed E-state index contributed by atoms with van der Waals surface area (Å²) in [6, 6.07) is 1.55. The molecule has 17 heavy (non-hydrogen) atoms. The summed E-state index contributed by atoms with van der Waals surface area (Å²) in [7, 11) is 0. The Balaban J connectivity index is 1.67. The summed E-state index contributed by atoms with van der Waals surface area (Å²) < 4.78 is 0. The van der Waals surface area contributed by atoms with Gasteiger partial charge in [-0.05, 0) is 58.5 Å². The average Bonchev–Trinajstić information content (AvgIpc) is 3.17. The van der Waals surface area contributed by atoms with Crippen molar-refractivity contribution in [3.63, 3.8) is 0 Å². The van der Waals surface area contributed by atoms with E-state index in [1.54, 1.807) is 0 Å². The number of rotatable bonds is 9. The fourth-order valence-corrected chi connectivity index (χ4v) is 2.63. The van der Waals surface area contributed by atoms with E-state index in [-0.39, 0.29) is 12.1 Å². The molecule has 0 aromatic heterocycles. The van der Waals surface area contributed by atoms with Crippen LogP contribution in [-0.4, -0.2) is 47.3 Å². The second-order valence-electron chi connectivity index (χ2n) is 6.10. The molecule has 0 saturated heterocycles. The molecule has 0 heterocycles. The average molecular weight is 240 g/mol. The number of hydrogen-bond acceptors (Lipinski definition) is 3. The van der Waals surface area contributed by atoms with Crippen LogP contribution in [0.15, 0.2) is 0 Å². The lowest BCUT2D eigenvalue weighted by atomic mass is 9.96. The SMILES string of the molecule is CCN(CCCC(C)(CO)NC1CC1)C1CC1. The van der Waals surface area contributed by atoms with E-state index in [1.165, 1.54) is 45.2 Å². The van der Waals surface area contributed by atoms with Crippen LogP contribution < -0.4 is 5.32 Å². The normalized spacial score (nSPS) is 24.0. The molecule has 0 aromatic carbocycles. The van der Waals surface area contributed by atoms with Crippen molar-refractivity contribution in [3.05, 3.63) is 0 Å². The maximum Gasteiger partial charge on any atom is 0.0610 e. The molecule has 2 rings (SSSR count). The maximum atomic E-state index is 9.53. The third-order valence-electron chi connectivity index (χ3n) is 4.12. The first-order chi connectivity index (χ1) is 8.17. The van der Waals surface area contributed by atoms with Gasteiger partial charge in [-0.25, -0.2) is 0 Å². The lowest BCUT2D eigenvalue weighted by molar-refractivity contribution is 0.154. The van der Waals surface area contributed by atoms with Crippen molar-refractivity contribution in [2.24, 2.45) is 0 Å². The van der Waals surface area contributed by atoms with Crippen molar-refractivity contribution in [2.75, 3.05) is 19.7 Å². The second-order valence-corrected chi connectivity index (χ2v) is 6.10. The summed E-state index contributed by atoms with van der Waals surface area (Å²) in [6.45, 7) is 7.06. The number of nitrogens with one attached hydrogen (secondary N) is 1. The minimum Gasteiger partial charge on any atom is -0.394 e. The summed E-state index contributed by atoms with van der Waals surface area (Å²) in [5.74, 6) is 0. The van der Waals surface area contributed by atoms with Crippen LogP contribution in [0, 0.1) is 0 Å². The monoisotopic (exact) mass is 240 g/mol. The van der Waals surface area contributed by atoms with E-state index in [4.69, 9.17) is 0 Å². The largest absolute Gasteiger partial charge is 0.394 e. The van der Waals surface area contributed by atoms with Gasteiger partial charge in [0.25, 0.3) is 0 Å². The lowest BCUT2D eigenvalue weighted by Crippen LogP contribution is -2.47. The molecule has 100 valence electrons. The van der Waals surface area contributed by atoms with E-state index < -0.39 is 0 Å². The van der Waals surface area contributed by atoms with Gasteiger partial charge in [-0.1, -0.05) is 6.92 Å². The maximum absolute atomic E-state index is 9.53. The highest BCUT2D eigenvalue weighted by Gasteiger charge is 2.32. The standard InChI is InChI=1S/C14H28N2O/c1-3-16(13-7-8-13)10-4-9-14(2,11-17)15-12-5-6-12/h12-13,15,17H,3-11H2,1-2H3. The Morgan fingerprint density at radius 2 is 2.00 bits per heavy atom. The summed E-state index contributed by atoms with van der Waals surface area (Å²) in [5.41, 5.74) is -0.0515. The smallest absolute Gasteiger partial charge is 0.0610 e. The lowest BCUT2D eigenvalue weighted by Gasteiger charge is -2.30. The fraction of sp³-hybridized carbons (Fsp3) is 1.00. The van der Waals surface area contributed by atoms with Crippen molar-refractivity contribution in [1.82, 2.24) is 10.2 Å². The Kier molecular flexibility index (Phi) is 4.45.